The molecule has 3 aromatic carbocycles. The van der Waals surface area contributed by atoms with Gasteiger partial charge in [0, 0.05) is 0 Å². The number of fused-ring (bicyclic) bond motifs is 1. The van der Waals surface area contributed by atoms with Gasteiger partial charge in [-0.25, -0.2) is 9.63 Å². The SMILES string of the molecule is CC(Oc1ccc(C=NNS(=O)(=O)c2ccc3ccccc3c2)cc1)C(=O)O. The van der Waals surface area contributed by atoms with Crippen LogP contribution in [0.2, 0.25) is 0 Å². The number of carboxylic acid groups (broad SMARTS) is 1. The highest BCUT2D eigenvalue weighted by Gasteiger charge is 2.13. The van der Waals surface area contributed by atoms with Crippen molar-refractivity contribution in [1.29, 1.82) is 0 Å². The van der Waals surface area contributed by atoms with E-state index in [9.17, 15) is 13.2 Å². The number of hydrazone groups is 1. The average molecular weight is 398 g/mol. The number of carboxylic acids is 1. The lowest BCUT2D eigenvalue weighted by atomic mass is 10.1. The van der Waals surface area contributed by atoms with Crippen molar-refractivity contribution in [2.75, 3.05) is 0 Å². The summed E-state index contributed by atoms with van der Waals surface area (Å²) in [6, 6.07) is 18.8. The van der Waals surface area contributed by atoms with Gasteiger partial charge in [-0.3, -0.25) is 0 Å². The summed E-state index contributed by atoms with van der Waals surface area (Å²) in [7, 11) is -3.79. The first-order valence-electron chi connectivity index (χ1n) is 8.38. The molecule has 0 aromatic heterocycles. The molecule has 0 saturated carbocycles. The highest BCUT2D eigenvalue weighted by atomic mass is 32.2. The Labute approximate surface area is 162 Å². The summed E-state index contributed by atoms with van der Waals surface area (Å²) in [6.45, 7) is 1.43. The van der Waals surface area contributed by atoms with E-state index in [1.165, 1.54) is 19.2 Å². The normalized spacial score (nSPS) is 12.8. The van der Waals surface area contributed by atoms with Crippen LogP contribution >= 0.6 is 0 Å². The number of carbonyl (C=O) groups is 1. The van der Waals surface area contributed by atoms with Crippen molar-refractivity contribution in [2.45, 2.75) is 17.9 Å². The van der Waals surface area contributed by atoms with Gasteiger partial charge in [0.25, 0.3) is 10.0 Å². The molecule has 3 rings (SSSR count). The summed E-state index contributed by atoms with van der Waals surface area (Å²) in [4.78, 5) is 13.1. The zero-order valence-corrected chi connectivity index (χ0v) is 15.8. The van der Waals surface area contributed by atoms with E-state index in [-0.39, 0.29) is 4.90 Å². The maximum Gasteiger partial charge on any atom is 0.344 e. The third-order valence-electron chi connectivity index (χ3n) is 3.96. The number of nitrogens with zero attached hydrogens (tertiary/aromatic N) is 1. The van der Waals surface area contributed by atoms with E-state index in [0.29, 0.717) is 11.3 Å². The Morgan fingerprint density at radius 3 is 2.43 bits per heavy atom. The Balaban J connectivity index is 1.68. The lowest BCUT2D eigenvalue weighted by Crippen LogP contribution is -2.22. The van der Waals surface area contributed by atoms with E-state index >= 15 is 0 Å². The Morgan fingerprint density at radius 2 is 1.75 bits per heavy atom. The van der Waals surface area contributed by atoms with Gasteiger partial charge in [0.1, 0.15) is 5.75 Å². The van der Waals surface area contributed by atoms with Gasteiger partial charge in [0.15, 0.2) is 6.10 Å². The quantitative estimate of drug-likeness (QED) is 0.470. The highest BCUT2D eigenvalue weighted by molar-refractivity contribution is 7.89. The minimum atomic E-state index is -3.79. The van der Waals surface area contributed by atoms with E-state index < -0.39 is 22.1 Å². The fourth-order valence-electron chi connectivity index (χ4n) is 2.44. The Kier molecular flexibility index (Phi) is 5.60. The van der Waals surface area contributed by atoms with Crippen LogP contribution in [-0.2, 0) is 14.8 Å². The molecule has 144 valence electrons. The molecule has 0 heterocycles. The molecule has 0 radical (unpaired) electrons. The third-order valence-corrected chi connectivity index (χ3v) is 5.18. The van der Waals surface area contributed by atoms with E-state index in [2.05, 4.69) is 9.93 Å². The van der Waals surface area contributed by atoms with Gasteiger partial charge in [-0.15, -0.1) is 0 Å². The lowest BCUT2D eigenvalue weighted by Gasteiger charge is -2.10. The predicted molar refractivity (Wildman–Crippen MR) is 106 cm³/mol. The first-order valence-corrected chi connectivity index (χ1v) is 9.87. The van der Waals surface area contributed by atoms with Crippen LogP contribution in [0.5, 0.6) is 5.75 Å². The largest absolute Gasteiger partial charge is 0.479 e. The molecule has 1 unspecified atom stereocenters. The van der Waals surface area contributed by atoms with Gasteiger partial charge < -0.3 is 9.84 Å². The van der Waals surface area contributed by atoms with Gasteiger partial charge in [0.05, 0.1) is 11.1 Å². The third kappa shape index (κ3) is 4.66. The van der Waals surface area contributed by atoms with Crippen molar-refractivity contribution >= 4 is 33.0 Å². The minimum Gasteiger partial charge on any atom is -0.479 e. The highest BCUT2D eigenvalue weighted by Crippen LogP contribution is 2.19. The summed E-state index contributed by atoms with van der Waals surface area (Å²) in [5.74, 6) is -0.669. The molecule has 2 N–H and O–H groups in total. The van der Waals surface area contributed by atoms with Crippen molar-refractivity contribution in [1.82, 2.24) is 4.83 Å². The lowest BCUT2D eigenvalue weighted by molar-refractivity contribution is -0.144. The van der Waals surface area contributed by atoms with E-state index in [1.54, 1.807) is 36.4 Å². The second-order valence-corrected chi connectivity index (χ2v) is 7.69. The van der Waals surface area contributed by atoms with Crippen LogP contribution in [0.15, 0.2) is 76.7 Å². The number of benzene rings is 3. The van der Waals surface area contributed by atoms with Crippen molar-refractivity contribution in [3.05, 3.63) is 72.3 Å². The van der Waals surface area contributed by atoms with Crippen LogP contribution in [0, 0.1) is 0 Å². The van der Waals surface area contributed by atoms with Gasteiger partial charge in [-0.05, 0) is 59.7 Å². The van der Waals surface area contributed by atoms with Gasteiger partial charge in [0.2, 0.25) is 0 Å². The van der Waals surface area contributed by atoms with E-state index in [0.717, 1.165) is 10.8 Å². The predicted octanol–water partition coefficient (Wildman–Crippen LogP) is 3.00. The molecule has 0 aliphatic rings. The molecule has 0 aliphatic carbocycles. The first kappa shape index (κ1) is 19.4. The summed E-state index contributed by atoms with van der Waals surface area (Å²) in [5.41, 5.74) is 0.622. The number of nitrogens with one attached hydrogen (secondary N) is 1. The zero-order chi connectivity index (χ0) is 20.1. The van der Waals surface area contributed by atoms with E-state index in [4.69, 9.17) is 9.84 Å². The molecule has 1 atom stereocenters. The van der Waals surface area contributed by atoms with Crippen LogP contribution in [0.4, 0.5) is 0 Å². The molecule has 0 saturated heterocycles. The zero-order valence-electron chi connectivity index (χ0n) is 14.9. The fraction of sp³-hybridized carbons (Fsp3) is 0.100. The Morgan fingerprint density at radius 1 is 1.07 bits per heavy atom. The van der Waals surface area contributed by atoms with Gasteiger partial charge in [-0.1, -0.05) is 30.3 Å². The number of aliphatic carboxylic acids is 1. The molecule has 8 heteroatoms. The summed E-state index contributed by atoms with van der Waals surface area (Å²) in [6.07, 6.45) is 0.386. The monoisotopic (exact) mass is 398 g/mol. The van der Waals surface area contributed by atoms with Crippen LogP contribution in [0.25, 0.3) is 10.8 Å². The van der Waals surface area contributed by atoms with Crippen LogP contribution < -0.4 is 9.57 Å². The van der Waals surface area contributed by atoms with E-state index in [1.807, 2.05) is 24.3 Å². The van der Waals surface area contributed by atoms with Crippen molar-refractivity contribution in [2.24, 2.45) is 5.10 Å². The molecule has 0 amide bonds. The first-order chi connectivity index (χ1) is 13.3. The summed E-state index contributed by atoms with van der Waals surface area (Å²) < 4.78 is 30.0. The molecular weight excluding hydrogens is 380 g/mol. The maximum absolute atomic E-state index is 12.4. The molecule has 0 spiro atoms. The summed E-state index contributed by atoms with van der Waals surface area (Å²) in [5, 5.41) is 14.4. The molecular formula is C20H18N2O5S. The van der Waals surface area contributed by atoms with Crippen molar-refractivity contribution in [3.8, 4) is 5.75 Å². The van der Waals surface area contributed by atoms with Crippen molar-refractivity contribution < 1.29 is 23.1 Å². The van der Waals surface area contributed by atoms with Gasteiger partial charge in [-0.2, -0.15) is 13.5 Å². The van der Waals surface area contributed by atoms with Crippen LogP contribution in [0.3, 0.4) is 0 Å². The Bertz CT molecular complexity index is 1120. The smallest absolute Gasteiger partial charge is 0.344 e. The Hall–Kier alpha value is -3.39. The second-order valence-electron chi connectivity index (χ2n) is 6.03. The molecule has 7 nitrogen and oxygen atoms in total. The van der Waals surface area contributed by atoms with Crippen LogP contribution in [0.1, 0.15) is 12.5 Å². The second kappa shape index (κ2) is 8.10. The molecule has 28 heavy (non-hydrogen) atoms. The maximum atomic E-state index is 12.4. The van der Waals surface area contributed by atoms with Crippen LogP contribution in [-0.4, -0.2) is 31.8 Å². The minimum absolute atomic E-state index is 0.120. The van der Waals surface area contributed by atoms with Crippen molar-refractivity contribution in [3.63, 3.8) is 0 Å². The average Bonchev–Trinajstić information content (AvgIpc) is 2.68. The topological polar surface area (TPSA) is 105 Å². The molecule has 3 aromatic rings. The van der Waals surface area contributed by atoms with Gasteiger partial charge >= 0.3 is 5.97 Å². The number of hydrogen-bond donors (Lipinski definition) is 2. The molecule has 0 fully saturated rings. The molecule has 0 aliphatic heterocycles. The summed E-state index contributed by atoms with van der Waals surface area (Å²) >= 11 is 0. The number of hydrogen-bond acceptors (Lipinski definition) is 5. The number of ether oxygens (including phenoxy) is 1. The fourth-order valence-corrected chi connectivity index (χ4v) is 3.27. The number of sulfonamides is 1. The standard InChI is InChI=1S/C20H18N2O5S/c1-14(20(23)24)27-18-9-6-15(7-10-18)13-21-22-28(25,26)19-11-8-16-4-2-3-5-17(16)12-19/h2-14,22H,1H3,(H,23,24). The molecule has 0 bridgehead atoms. The number of rotatable bonds is 7.